The number of aromatic nitrogens is 1. The number of amides is 2. The number of anilines is 1. The minimum Gasteiger partial charge on any atom is -0.494 e. The van der Waals surface area contributed by atoms with Crippen molar-refractivity contribution in [1.82, 2.24) is 14.8 Å². The van der Waals surface area contributed by atoms with Gasteiger partial charge in [0.15, 0.2) is 0 Å². The average molecular weight is 449 g/mol. The highest BCUT2D eigenvalue weighted by molar-refractivity contribution is 5.90. The van der Waals surface area contributed by atoms with Gasteiger partial charge in [0.2, 0.25) is 5.89 Å². The van der Waals surface area contributed by atoms with Gasteiger partial charge in [0, 0.05) is 44.0 Å². The predicted octanol–water partition coefficient (Wildman–Crippen LogP) is 4.96. The van der Waals surface area contributed by atoms with E-state index in [1.807, 2.05) is 61.2 Å². The molecule has 2 aromatic carbocycles. The molecule has 0 atom stereocenters. The molecule has 3 aromatic rings. The largest absolute Gasteiger partial charge is 0.494 e. The maximum atomic E-state index is 12.7. The number of nitrogens with zero attached hydrogens (tertiary/aromatic N) is 3. The first-order chi connectivity index (χ1) is 16.1. The molecule has 0 bridgehead atoms. The molecule has 7 nitrogen and oxygen atoms in total. The fraction of sp³-hybridized carbons (Fsp3) is 0.385. The number of rotatable bonds is 7. The maximum Gasteiger partial charge on any atom is 0.321 e. The van der Waals surface area contributed by atoms with E-state index in [4.69, 9.17) is 14.1 Å². The van der Waals surface area contributed by atoms with Gasteiger partial charge in [-0.3, -0.25) is 4.90 Å². The van der Waals surface area contributed by atoms with E-state index in [9.17, 15) is 4.79 Å². The monoisotopic (exact) mass is 448 g/mol. The highest BCUT2D eigenvalue weighted by atomic mass is 16.5. The van der Waals surface area contributed by atoms with Crippen LogP contribution in [-0.4, -0.2) is 53.6 Å². The van der Waals surface area contributed by atoms with Crippen LogP contribution in [0.5, 0.6) is 5.75 Å². The van der Waals surface area contributed by atoms with E-state index in [2.05, 4.69) is 23.2 Å². The molecule has 0 saturated carbocycles. The van der Waals surface area contributed by atoms with Crippen LogP contribution in [0.15, 0.2) is 52.9 Å². The first-order valence-electron chi connectivity index (χ1n) is 11.6. The van der Waals surface area contributed by atoms with E-state index in [1.54, 1.807) is 0 Å². The Kier molecular flexibility index (Phi) is 7.29. The van der Waals surface area contributed by atoms with Crippen LogP contribution < -0.4 is 10.1 Å². The van der Waals surface area contributed by atoms with Crippen molar-refractivity contribution in [2.75, 3.05) is 38.1 Å². The molecule has 0 aliphatic carbocycles. The number of carbonyl (C=O) groups excluding carboxylic acids is 1. The van der Waals surface area contributed by atoms with Crippen LogP contribution in [0.4, 0.5) is 10.5 Å². The highest BCUT2D eigenvalue weighted by Gasteiger charge is 2.23. The van der Waals surface area contributed by atoms with Crippen molar-refractivity contribution in [3.05, 3.63) is 65.5 Å². The zero-order valence-corrected chi connectivity index (χ0v) is 19.6. The summed E-state index contributed by atoms with van der Waals surface area (Å²) in [5.74, 6) is 2.29. The molecule has 0 radical (unpaired) electrons. The number of urea groups is 1. The van der Waals surface area contributed by atoms with Crippen LogP contribution in [0.1, 0.15) is 30.9 Å². The van der Waals surface area contributed by atoms with Crippen LogP contribution >= 0.6 is 0 Å². The third-order valence-corrected chi connectivity index (χ3v) is 5.98. The molecule has 174 valence electrons. The Balaban J connectivity index is 1.32. The van der Waals surface area contributed by atoms with Crippen molar-refractivity contribution in [1.29, 1.82) is 0 Å². The van der Waals surface area contributed by atoms with Crippen LogP contribution in [0.3, 0.4) is 0 Å². The number of aryl methyl sites for hydroxylation is 2. The minimum atomic E-state index is -0.0362. The second-order valence-corrected chi connectivity index (χ2v) is 8.18. The number of para-hydroxylation sites is 1. The third kappa shape index (κ3) is 5.54. The van der Waals surface area contributed by atoms with Crippen molar-refractivity contribution in [2.24, 2.45) is 0 Å². The molecule has 7 heteroatoms. The molecule has 1 aliphatic rings. The van der Waals surface area contributed by atoms with E-state index >= 15 is 0 Å². The SMILES string of the molecule is CCOc1ccc(-c2nc(CN3CCN(C(=O)Nc4ccccc4CC)CC3)c(C)o2)cc1. The Bertz CT molecular complexity index is 1070. The molecule has 0 unspecified atom stereocenters. The predicted molar refractivity (Wildman–Crippen MR) is 130 cm³/mol. The molecule has 1 aromatic heterocycles. The Morgan fingerprint density at radius 1 is 1.06 bits per heavy atom. The molecule has 2 heterocycles. The van der Waals surface area contributed by atoms with Crippen molar-refractivity contribution in [2.45, 2.75) is 33.7 Å². The van der Waals surface area contributed by atoms with Crippen LogP contribution in [0, 0.1) is 6.92 Å². The molecule has 4 rings (SSSR count). The molecule has 1 aliphatic heterocycles. The standard InChI is InChI=1S/C26H32N4O3/c1-4-20-8-6-7-9-23(20)28-26(31)30-16-14-29(15-17-30)18-24-19(3)33-25(27-24)21-10-12-22(13-11-21)32-5-2/h6-13H,4-5,14-18H2,1-3H3,(H,28,31). The lowest BCUT2D eigenvalue weighted by atomic mass is 10.1. The second-order valence-electron chi connectivity index (χ2n) is 8.18. The van der Waals surface area contributed by atoms with E-state index in [0.717, 1.165) is 53.5 Å². The lowest BCUT2D eigenvalue weighted by Gasteiger charge is -2.34. The minimum absolute atomic E-state index is 0.0362. The van der Waals surface area contributed by atoms with Gasteiger partial charge in [-0.25, -0.2) is 9.78 Å². The first-order valence-corrected chi connectivity index (χ1v) is 11.6. The summed E-state index contributed by atoms with van der Waals surface area (Å²) in [4.78, 5) is 21.7. The maximum absolute atomic E-state index is 12.7. The summed E-state index contributed by atoms with van der Waals surface area (Å²) in [7, 11) is 0. The summed E-state index contributed by atoms with van der Waals surface area (Å²) < 4.78 is 11.4. The Morgan fingerprint density at radius 3 is 2.48 bits per heavy atom. The van der Waals surface area contributed by atoms with Gasteiger partial charge in [-0.15, -0.1) is 0 Å². The summed E-state index contributed by atoms with van der Waals surface area (Å²) in [5, 5.41) is 3.07. The summed E-state index contributed by atoms with van der Waals surface area (Å²) in [6.45, 7) is 10.3. The fourth-order valence-electron chi connectivity index (χ4n) is 4.02. The van der Waals surface area contributed by atoms with Gasteiger partial charge in [-0.1, -0.05) is 25.1 Å². The van der Waals surface area contributed by atoms with Gasteiger partial charge in [-0.2, -0.15) is 0 Å². The normalized spacial score (nSPS) is 14.3. The zero-order valence-electron chi connectivity index (χ0n) is 19.6. The number of ether oxygens (including phenoxy) is 1. The number of piperazine rings is 1. The Labute approximate surface area is 195 Å². The highest BCUT2D eigenvalue weighted by Crippen LogP contribution is 2.25. The number of carbonyl (C=O) groups is 1. The van der Waals surface area contributed by atoms with Gasteiger partial charge < -0.3 is 19.4 Å². The first kappa shape index (κ1) is 22.9. The molecule has 2 amide bonds. The smallest absolute Gasteiger partial charge is 0.321 e. The number of nitrogens with one attached hydrogen (secondary N) is 1. The topological polar surface area (TPSA) is 70.8 Å². The molecular formula is C26H32N4O3. The van der Waals surface area contributed by atoms with Gasteiger partial charge in [-0.05, 0) is 56.2 Å². The quantitative estimate of drug-likeness (QED) is 0.553. The molecule has 33 heavy (non-hydrogen) atoms. The molecular weight excluding hydrogens is 416 g/mol. The fourth-order valence-corrected chi connectivity index (χ4v) is 4.02. The number of benzene rings is 2. The summed E-state index contributed by atoms with van der Waals surface area (Å²) >= 11 is 0. The zero-order chi connectivity index (χ0) is 23.2. The lowest BCUT2D eigenvalue weighted by Crippen LogP contribution is -2.49. The van der Waals surface area contributed by atoms with E-state index in [-0.39, 0.29) is 6.03 Å². The van der Waals surface area contributed by atoms with Gasteiger partial charge in [0.05, 0.1) is 12.3 Å². The second kappa shape index (κ2) is 10.5. The summed E-state index contributed by atoms with van der Waals surface area (Å²) in [6, 6.07) is 15.7. The van der Waals surface area contributed by atoms with Gasteiger partial charge in [0.1, 0.15) is 11.5 Å². The molecule has 1 fully saturated rings. The van der Waals surface area contributed by atoms with E-state index in [1.165, 1.54) is 0 Å². The summed E-state index contributed by atoms with van der Waals surface area (Å²) in [5.41, 5.74) is 3.91. The number of hydrogen-bond donors (Lipinski definition) is 1. The van der Waals surface area contributed by atoms with Crippen LogP contribution in [-0.2, 0) is 13.0 Å². The number of hydrogen-bond acceptors (Lipinski definition) is 5. The average Bonchev–Trinajstić information content (AvgIpc) is 3.20. The molecule has 1 N–H and O–H groups in total. The Hall–Kier alpha value is -3.32. The van der Waals surface area contributed by atoms with Crippen molar-refractivity contribution >= 4 is 11.7 Å². The van der Waals surface area contributed by atoms with Crippen LogP contribution in [0.2, 0.25) is 0 Å². The van der Waals surface area contributed by atoms with Gasteiger partial charge >= 0.3 is 6.03 Å². The summed E-state index contributed by atoms with van der Waals surface area (Å²) in [6.07, 6.45) is 0.889. The van der Waals surface area contributed by atoms with Crippen molar-refractivity contribution < 1.29 is 13.9 Å². The molecule has 1 saturated heterocycles. The Morgan fingerprint density at radius 2 is 1.79 bits per heavy atom. The number of oxazole rings is 1. The molecule has 0 spiro atoms. The lowest BCUT2D eigenvalue weighted by molar-refractivity contribution is 0.141. The van der Waals surface area contributed by atoms with Crippen molar-refractivity contribution in [3.63, 3.8) is 0 Å². The van der Waals surface area contributed by atoms with Crippen LogP contribution in [0.25, 0.3) is 11.5 Å². The van der Waals surface area contributed by atoms with Crippen molar-refractivity contribution in [3.8, 4) is 17.2 Å². The third-order valence-electron chi connectivity index (χ3n) is 5.98. The van der Waals surface area contributed by atoms with E-state index < -0.39 is 0 Å². The van der Waals surface area contributed by atoms with E-state index in [0.29, 0.717) is 32.1 Å². The van der Waals surface area contributed by atoms with Gasteiger partial charge in [0.25, 0.3) is 0 Å².